The standard InChI is InChI=1S/C10H12ClN3O2S2/c1-7-12-6-10(14-7)18(15,16)13-5-4-8-2-3-9(11)17-8/h2-3,6,13H,4-5H2,1H3,(H,12,14). The van der Waals surface area contributed by atoms with Crippen LogP contribution in [-0.4, -0.2) is 24.9 Å². The summed E-state index contributed by atoms with van der Waals surface area (Å²) < 4.78 is 26.9. The molecule has 0 amide bonds. The predicted octanol–water partition coefficient (Wildman–Crippen LogP) is 1.95. The summed E-state index contributed by atoms with van der Waals surface area (Å²) >= 11 is 7.24. The highest BCUT2D eigenvalue weighted by Crippen LogP contribution is 2.21. The first-order valence-electron chi connectivity index (χ1n) is 5.23. The van der Waals surface area contributed by atoms with Crippen molar-refractivity contribution < 1.29 is 8.42 Å². The number of aryl methyl sites for hydroxylation is 1. The van der Waals surface area contributed by atoms with E-state index in [1.165, 1.54) is 17.5 Å². The minimum atomic E-state index is -3.50. The van der Waals surface area contributed by atoms with Crippen molar-refractivity contribution in [2.24, 2.45) is 0 Å². The Bertz CT molecular complexity index is 633. The lowest BCUT2D eigenvalue weighted by Crippen LogP contribution is -2.26. The fraction of sp³-hybridized carbons (Fsp3) is 0.300. The fourth-order valence-electron chi connectivity index (χ4n) is 1.41. The molecule has 2 aromatic heterocycles. The number of nitrogens with one attached hydrogen (secondary N) is 2. The number of imidazole rings is 1. The van der Waals surface area contributed by atoms with Gasteiger partial charge in [0.25, 0.3) is 10.0 Å². The molecule has 0 spiro atoms. The SMILES string of the molecule is Cc1ncc(S(=O)(=O)NCCc2ccc(Cl)s2)[nH]1. The number of H-pyrrole nitrogens is 1. The number of aromatic nitrogens is 2. The lowest BCUT2D eigenvalue weighted by atomic mass is 10.3. The highest BCUT2D eigenvalue weighted by molar-refractivity contribution is 7.89. The summed E-state index contributed by atoms with van der Waals surface area (Å²) in [6.07, 6.45) is 1.92. The summed E-state index contributed by atoms with van der Waals surface area (Å²) in [6.45, 7) is 2.03. The molecule has 2 aromatic rings. The molecule has 2 heterocycles. The topological polar surface area (TPSA) is 74.8 Å². The molecule has 0 radical (unpaired) electrons. The number of sulfonamides is 1. The molecule has 18 heavy (non-hydrogen) atoms. The lowest BCUT2D eigenvalue weighted by Gasteiger charge is -2.03. The second-order valence-corrected chi connectivity index (χ2v) is 7.22. The molecule has 0 saturated carbocycles. The van der Waals surface area contributed by atoms with Crippen molar-refractivity contribution in [2.75, 3.05) is 6.54 Å². The molecule has 2 N–H and O–H groups in total. The Morgan fingerprint density at radius 2 is 2.28 bits per heavy atom. The van der Waals surface area contributed by atoms with E-state index < -0.39 is 10.0 Å². The molecule has 0 aromatic carbocycles. The van der Waals surface area contributed by atoms with E-state index >= 15 is 0 Å². The first-order valence-corrected chi connectivity index (χ1v) is 7.90. The van der Waals surface area contributed by atoms with Crippen molar-refractivity contribution in [3.8, 4) is 0 Å². The summed E-state index contributed by atoms with van der Waals surface area (Å²) in [5, 5.41) is 0.0872. The smallest absolute Gasteiger partial charge is 0.257 e. The van der Waals surface area contributed by atoms with Crippen LogP contribution in [0.25, 0.3) is 0 Å². The van der Waals surface area contributed by atoms with E-state index in [-0.39, 0.29) is 5.03 Å². The summed E-state index contributed by atoms with van der Waals surface area (Å²) in [5.74, 6) is 0.570. The quantitative estimate of drug-likeness (QED) is 0.886. The Kier molecular flexibility index (Phi) is 4.06. The summed E-state index contributed by atoms with van der Waals surface area (Å²) in [6, 6.07) is 3.69. The molecule has 0 aliphatic rings. The van der Waals surface area contributed by atoms with E-state index in [0.717, 1.165) is 4.88 Å². The van der Waals surface area contributed by atoms with Gasteiger partial charge in [-0.05, 0) is 25.5 Å². The van der Waals surface area contributed by atoms with Crippen LogP contribution >= 0.6 is 22.9 Å². The number of halogens is 1. The van der Waals surface area contributed by atoms with Crippen LogP contribution in [0.4, 0.5) is 0 Å². The Labute approximate surface area is 114 Å². The van der Waals surface area contributed by atoms with Gasteiger partial charge in [-0.25, -0.2) is 18.1 Å². The Morgan fingerprint density at radius 3 is 2.83 bits per heavy atom. The monoisotopic (exact) mass is 305 g/mol. The highest BCUT2D eigenvalue weighted by atomic mass is 35.5. The lowest BCUT2D eigenvalue weighted by molar-refractivity contribution is 0.578. The van der Waals surface area contributed by atoms with Gasteiger partial charge < -0.3 is 4.98 Å². The zero-order chi connectivity index (χ0) is 13.2. The number of aromatic amines is 1. The van der Waals surface area contributed by atoms with Gasteiger partial charge in [0.05, 0.1) is 10.5 Å². The van der Waals surface area contributed by atoms with Crippen LogP contribution in [0.2, 0.25) is 4.34 Å². The Hall–Kier alpha value is -0.890. The molecular formula is C10H12ClN3O2S2. The zero-order valence-electron chi connectivity index (χ0n) is 9.60. The average Bonchev–Trinajstić information content (AvgIpc) is 2.88. The maximum atomic E-state index is 11.8. The Balaban J connectivity index is 1.93. The largest absolute Gasteiger partial charge is 0.332 e. The number of thiophene rings is 1. The minimum Gasteiger partial charge on any atom is -0.332 e. The maximum absolute atomic E-state index is 11.8. The van der Waals surface area contributed by atoms with E-state index in [1.807, 2.05) is 6.07 Å². The first-order chi connectivity index (χ1) is 8.47. The van der Waals surface area contributed by atoms with Crippen LogP contribution in [0.3, 0.4) is 0 Å². The first kappa shape index (κ1) is 13.5. The van der Waals surface area contributed by atoms with Crippen LogP contribution in [-0.2, 0) is 16.4 Å². The van der Waals surface area contributed by atoms with Crippen molar-refractivity contribution in [1.82, 2.24) is 14.7 Å². The third kappa shape index (κ3) is 3.32. The van der Waals surface area contributed by atoms with Crippen LogP contribution in [0.15, 0.2) is 23.4 Å². The summed E-state index contributed by atoms with van der Waals surface area (Å²) in [7, 11) is -3.50. The number of hydrogen-bond acceptors (Lipinski definition) is 4. The van der Waals surface area contributed by atoms with Crippen molar-refractivity contribution in [1.29, 1.82) is 0 Å². The van der Waals surface area contributed by atoms with Crippen LogP contribution in [0.1, 0.15) is 10.7 Å². The van der Waals surface area contributed by atoms with Crippen LogP contribution in [0.5, 0.6) is 0 Å². The summed E-state index contributed by atoms with van der Waals surface area (Å²) in [4.78, 5) is 7.60. The molecule has 5 nitrogen and oxygen atoms in total. The summed E-state index contributed by atoms with van der Waals surface area (Å²) in [5.41, 5.74) is 0. The van der Waals surface area contributed by atoms with E-state index in [4.69, 9.17) is 11.6 Å². The molecular weight excluding hydrogens is 294 g/mol. The molecule has 0 saturated heterocycles. The molecule has 8 heteroatoms. The van der Waals surface area contributed by atoms with Crippen molar-refractivity contribution in [3.05, 3.63) is 33.4 Å². The van der Waals surface area contributed by atoms with E-state index in [0.29, 0.717) is 23.1 Å². The van der Waals surface area contributed by atoms with Crippen LogP contribution < -0.4 is 4.72 Å². The average molecular weight is 306 g/mol. The molecule has 0 atom stereocenters. The molecule has 2 rings (SSSR count). The minimum absolute atomic E-state index is 0.0872. The van der Waals surface area contributed by atoms with Gasteiger partial charge in [0, 0.05) is 11.4 Å². The zero-order valence-corrected chi connectivity index (χ0v) is 12.0. The molecule has 0 fully saturated rings. The van der Waals surface area contributed by atoms with Gasteiger partial charge in [-0.3, -0.25) is 0 Å². The van der Waals surface area contributed by atoms with Gasteiger partial charge in [0.2, 0.25) is 0 Å². The van der Waals surface area contributed by atoms with Gasteiger partial charge in [0.15, 0.2) is 5.03 Å². The van der Waals surface area contributed by atoms with Gasteiger partial charge in [-0.2, -0.15) is 0 Å². The molecule has 0 bridgehead atoms. The molecule has 0 aliphatic heterocycles. The van der Waals surface area contributed by atoms with E-state index in [9.17, 15) is 8.42 Å². The van der Waals surface area contributed by atoms with Crippen LogP contribution in [0, 0.1) is 6.92 Å². The third-order valence-corrected chi connectivity index (χ3v) is 4.92. The van der Waals surface area contributed by atoms with Gasteiger partial charge in [-0.1, -0.05) is 11.6 Å². The van der Waals surface area contributed by atoms with Gasteiger partial charge in [-0.15, -0.1) is 11.3 Å². The van der Waals surface area contributed by atoms with Gasteiger partial charge >= 0.3 is 0 Å². The van der Waals surface area contributed by atoms with Crippen molar-refractivity contribution >= 4 is 33.0 Å². The predicted molar refractivity (Wildman–Crippen MR) is 71.5 cm³/mol. The second-order valence-electron chi connectivity index (χ2n) is 3.69. The fourth-order valence-corrected chi connectivity index (χ4v) is 3.49. The van der Waals surface area contributed by atoms with Crippen molar-refractivity contribution in [2.45, 2.75) is 18.4 Å². The number of rotatable bonds is 5. The molecule has 98 valence electrons. The van der Waals surface area contributed by atoms with Gasteiger partial charge in [0.1, 0.15) is 5.82 Å². The number of nitrogens with zero attached hydrogens (tertiary/aromatic N) is 1. The van der Waals surface area contributed by atoms with Crippen molar-refractivity contribution in [3.63, 3.8) is 0 Å². The highest BCUT2D eigenvalue weighted by Gasteiger charge is 2.15. The van der Waals surface area contributed by atoms with E-state index in [2.05, 4.69) is 14.7 Å². The third-order valence-electron chi connectivity index (χ3n) is 2.26. The second kappa shape index (κ2) is 5.40. The van der Waals surface area contributed by atoms with E-state index in [1.54, 1.807) is 13.0 Å². The molecule has 0 unspecified atom stereocenters. The molecule has 0 aliphatic carbocycles. The normalized spacial score (nSPS) is 11.9. The Morgan fingerprint density at radius 1 is 1.50 bits per heavy atom. The number of hydrogen-bond donors (Lipinski definition) is 2. The maximum Gasteiger partial charge on any atom is 0.257 e.